The number of thioether (sulfide) groups is 1. The molecular weight excluding hydrogens is 447 g/mol. The monoisotopic (exact) mass is 472 g/mol. The van der Waals surface area contributed by atoms with Crippen molar-refractivity contribution in [1.29, 1.82) is 0 Å². The summed E-state index contributed by atoms with van der Waals surface area (Å²) in [7, 11) is 0. The van der Waals surface area contributed by atoms with Crippen molar-refractivity contribution in [2.75, 3.05) is 11.4 Å². The molecule has 0 radical (unpaired) electrons. The van der Waals surface area contributed by atoms with E-state index in [2.05, 4.69) is 32.6 Å². The van der Waals surface area contributed by atoms with Gasteiger partial charge in [0.05, 0.1) is 11.4 Å². The molecular formula is C25H26ClFN2O2S. The summed E-state index contributed by atoms with van der Waals surface area (Å²) >= 11 is 7.49. The summed E-state index contributed by atoms with van der Waals surface area (Å²) in [5.74, 6) is -0.532. The van der Waals surface area contributed by atoms with Crippen LogP contribution < -0.4 is 4.90 Å². The fourth-order valence-corrected chi connectivity index (χ4v) is 5.85. The molecule has 1 atom stereocenters. The maximum atomic E-state index is 14.0. The van der Waals surface area contributed by atoms with Crippen molar-refractivity contribution in [2.24, 2.45) is 0 Å². The zero-order valence-corrected chi connectivity index (χ0v) is 20.2. The molecule has 168 valence electrons. The van der Waals surface area contributed by atoms with Crippen LogP contribution in [0.25, 0.3) is 6.08 Å². The predicted molar refractivity (Wildman–Crippen MR) is 129 cm³/mol. The van der Waals surface area contributed by atoms with Crippen LogP contribution in [0, 0.1) is 5.82 Å². The zero-order chi connectivity index (χ0) is 23.2. The highest BCUT2D eigenvalue weighted by atomic mass is 35.5. The first-order valence-corrected chi connectivity index (χ1v) is 11.9. The lowest BCUT2D eigenvalue weighted by Crippen LogP contribution is -2.48. The van der Waals surface area contributed by atoms with E-state index in [4.69, 9.17) is 11.6 Å². The molecule has 1 fully saturated rings. The fourth-order valence-electron chi connectivity index (χ4n) is 4.80. The van der Waals surface area contributed by atoms with Crippen molar-refractivity contribution >= 4 is 46.3 Å². The van der Waals surface area contributed by atoms with Gasteiger partial charge in [0.2, 0.25) is 0 Å². The Balaban J connectivity index is 1.66. The number of hydrogen-bond donors (Lipinski definition) is 0. The Morgan fingerprint density at radius 2 is 1.97 bits per heavy atom. The average molecular weight is 473 g/mol. The minimum atomic E-state index is -0.439. The molecule has 1 unspecified atom stereocenters. The highest BCUT2D eigenvalue weighted by Crippen LogP contribution is 2.46. The van der Waals surface area contributed by atoms with Crippen LogP contribution in [0.4, 0.5) is 14.9 Å². The third-order valence-electron chi connectivity index (χ3n) is 6.27. The van der Waals surface area contributed by atoms with E-state index in [0.29, 0.717) is 27.0 Å². The number of rotatable bonds is 4. The number of benzene rings is 2. The van der Waals surface area contributed by atoms with Gasteiger partial charge in [0, 0.05) is 28.4 Å². The van der Waals surface area contributed by atoms with Gasteiger partial charge >= 0.3 is 0 Å². The van der Waals surface area contributed by atoms with Crippen molar-refractivity contribution in [1.82, 2.24) is 4.90 Å². The van der Waals surface area contributed by atoms with E-state index < -0.39 is 17.0 Å². The molecule has 7 heteroatoms. The van der Waals surface area contributed by atoms with E-state index in [1.807, 2.05) is 12.1 Å². The SMILES string of the molecule is CCN1c2cc(Cl)c(/C=C3/SC(=O)N(Cc4ccccc4F)C3=O)cc2C(C)CC1(C)C. The average Bonchev–Trinajstić information content (AvgIpc) is 2.98. The topological polar surface area (TPSA) is 40.6 Å². The lowest BCUT2D eigenvalue weighted by molar-refractivity contribution is -0.123. The molecule has 0 N–H and O–H groups in total. The van der Waals surface area contributed by atoms with E-state index in [1.165, 1.54) is 11.6 Å². The van der Waals surface area contributed by atoms with E-state index in [1.54, 1.807) is 24.3 Å². The Labute approximate surface area is 197 Å². The number of imide groups is 1. The molecule has 4 rings (SSSR count). The van der Waals surface area contributed by atoms with Gasteiger partial charge in [0.1, 0.15) is 5.82 Å². The summed E-state index contributed by atoms with van der Waals surface area (Å²) in [6, 6.07) is 10.1. The number of fused-ring (bicyclic) bond motifs is 1. The second-order valence-electron chi connectivity index (χ2n) is 8.95. The number of amides is 2. The highest BCUT2D eigenvalue weighted by molar-refractivity contribution is 8.18. The van der Waals surface area contributed by atoms with Gasteiger partial charge < -0.3 is 4.90 Å². The van der Waals surface area contributed by atoms with Crippen molar-refractivity contribution in [2.45, 2.75) is 52.1 Å². The summed E-state index contributed by atoms with van der Waals surface area (Å²) in [6.45, 7) is 9.59. The summed E-state index contributed by atoms with van der Waals surface area (Å²) in [4.78, 5) is 29.1. The smallest absolute Gasteiger partial charge is 0.293 e. The van der Waals surface area contributed by atoms with Gasteiger partial charge in [0.15, 0.2) is 0 Å². The number of hydrogen-bond acceptors (Lipinski definition) is 4. The molecule has 32 heavy (non-hydrogen) atoms. The summed E-state index contributed by atoms with van der Waals surface area (Å²) in [6.07, 6.45) is 2.69. The summed E-state index contributed by atoms with van der Waals surface area (Å²) < 4.78 is 14.0. The minimum Gasteiger partial charge on any atom is -0.366 e. The molecule has 2 aliphatic rings. The van der Waals surface area contributed by atoms with Crippen LogP contribution in [0.1, 0.15) is 56.7 Å². The van der Waals surface area contributed by atoms with Crippen molar-refractivity contribution in [3.8, 4) is 0 Å². The molecule has 2 aromatic rings. The molecule has 0 bridgehead atoms. The largest absolute Gasteiger partial charge is 0.366 e. The Morgan fingerprint density at radius 3 is 2.66 bits per heavy atom. The number of halogens is 2. The highest BCUT2D eigenvalue weighted by Gasteiger charge is 2.37. The first kappa shape index (κ1) is 22.9. The molecule has 0 spiro atoms. The second-order valence-corrected chi connectivity index (χ2v) is 10.4. The summed E-state index contributed by atoms with van der Waals surface area (Å²) in [5, 5.41) is 0.124. The lowest BCUT2D eigenvalue weighted by atomic mass is 9.79. The van der Waals surface area contributed by atoms with E-state index in [0.717, 1.165) is 35.3 Å². The molecule has 0 saturated carbocycles. The molecule has 2 heterocycles. The quantitative estimate of drug-likeness (QED) is 0.457. The zero-order valence-electron chi connectivity index (χ0n) is 18.6. The Morgan fingerprint density at radius 1 is 1.25 bits per heavy atom. The van der Waals surface area contributed by atoms with E-state index >= 15 is 0 Å². The summed E-state index contributed by atoms with van der Waals surface area (Å²) in [5.41, 5.74) is 3.35. The van der Waals surface area contributed by atoms with Crippen LogP contribution in [0.5, 0.6) is 0 Å². The fraction of sp³-hybridized carbons (Fsp3) is 0.360. The minimum absolute atomic E-state index is 0.0291. The van der Waals surface area contributed by atoms with Gasteiger partial charge in [-0.25, -0.2) is 4.39 Å². The maximum Gasteiger partial charge on any atom is 0.293 e. The van der Waals surface area contributed by atoms with Gasteiger partial charge in [-0.2, -0.15) is 0 Å². The Bertz CT molecular complexity index is 1130. The molecule has 2 aromatic carbocycles. The van der Waals surface area contributed by atoms with Crippen molar-refractivity contribution in [3.05, 3.63) is 68.8 Å². The van der Waals surface area contributed by atoms with Crippen LogP contribution in [-0.2, 0) is 11.3 Å². The van der Waals surface area contributed by atoms with Gasteiger partial charge in [-0.3, -0.25) is 14.5 Å². The van der Waals surface area contributed by atoms with Crippen molar-refractivity contribution in [3.63, 3.8) is 0 Å². The maximum absolute atomic E-state index is 14.0. The van der Waals surface area contributed by atoms with Gasteiger partial charge in [-0.05, 0) is 80.3 Å². The predicted octanol–water partition coefficient (Wildman–Crippen LogP) is 6.83. The lowest BCUT2D eigenvalue weighted by Gasteiger charge is -2.47. The van der Waals surface area contributed by atoms with E-state index in [9.17, 15) is 14.0 Å². The molecule has 2 aliphatic heterocycles. The number of nitrogens with zero attached hydrogens (tertiary/aromatic N) is 2. The van der Waals surface area contributed by atoms with Crippen LogP contribution in [0.2, 0.25) is 5.02 Å². The van der Waals surface area contributed by atoms with Crippen LogP contribution in [0.3, 0.4) is 0 Å². The first-order valence-electron chi connectivity index (χ1n) is 10.7. The van der Waals surface area contributed by atoms with Crippen LogP contribution in [0.15, 0.2) is 41.3 Å². The standard InChI is InChI=1S/C25H26ClFN2O2S/c1-5-29-21-12-19(26)17(10-18(21)15(2)13-25(29,3)4)11-22-23(30)28(24(31)32-22)14-16-8-6-7-9-20(16)27/h6-12,15H,5,13-14H2,1-4H3/b22-11+. The number of carbonyl (C=O) groups excluding carboxylic acids is 2. The third-order valence-corrected chi connectivity index (χ3v) is 7.50. The Hall–Kier alpha value is -2.31. The molecule has 4 nitrogen and oxygen atoms in total. The van der Waals surface area contributed by atoms with Gasteiger partial charge in [0.25, 0.3) is 11.1 Å². The second kappa shape index (κ2) is 8.56. The van der Waals surface area contributed by atoms with Gasteiger partial charge in [-0.15, -0.1) is 0 Å². The van der Waals surface area contributed by atoms with Crippen LogP contribution in [-0.4, -0.2) is 28.1 Å². The normalized spacial score (nSPS) is 21.4. The van der Waals surface area contributed by atoms with Crippen molar-refractivity contribution < 1.29 is 14.0 Å². The van der Waals surface area contributed by atoms with E-state index in [-0.39, 0.29) is 12.1 Å². The van der Waals surface area contributed by atoms with Gasteiger partial charge in [-0.1, -0.05) is 36.7 Å². The molecule has 0 aromatic heterocycles. The first-order chi connectivity index (χ1) is 15.1. The number of carbonyl (C=O) groups is 2. The van der Waals surface area contributed by atoms with Crippen LogP contribution >= 0.6 is 23.4 Å². The Kier molecular flexibility index (Phi) is 6.12. The number of anilines is 1. The third kappa shape index (κ3) is 4.06. The molecule has 0 aliphatic carbocycles. The molecule has 1 saturated heterocycles. The molecule has 2 amide bonds.